The lowest BCUT2D eigenvalue weighted by Gasteiger charge is -2.19. The van der Waals surface area contributed by atoms with Crippen LogP contribution in [0.4, 0.5) is 5.69 Å². The number of nitrogens with zero attached hydrogens (tertiary/aromatic N) is 1. The maximum Gasteiger partial charge on any atom is 0.222 e. The molecule has 0 bridgehead atoms. The molecule has 2 aliphatic heterocycles. The standard InChI is InChI=1S/C21H23N3O3S/c25-20-2-1-9-24(20)14-16-5-3-15(4-6-16)13-22-21(28)23-17-7-8-18-19(12-17)27-11-10-26-18/h3-8,12H,1-2,9-11,13-14H2,(H2,22,23,28). The molecule has 2 N–H and O–H groups in total. The van der Waals surface area contributed by atoms with Gasteiger partial charge in [0.1, 0.15) is 13.2 Å². The van der Waals surface area contributed by atoms with Crippen molar-refractivity contribution in [2.45, 2.75) is 25.9 Å². The zero-order valence-electron chi connectivity index (χ0n) is 15.6. The molecule has 0 aliphatic carbocycles. The predicted molar refractivity (Wildman–Crippen MR) is 112 cm³/mol. The van der Waals surface area contributed by atoms with Crippen molar-refractivity contribution in [1.82, 2.24) is 10.2 Å². The number of likely N-dealkylation sites (tertiary alicyclic amines) is 1. The van der Waals surface area contributed by atoms with Gasteiger partial charge in [-0.2, -0.15) is 0 Å². The highest BCUT2D eigenvalue weighted by Gasteiger charge is 2.19. The van der Waals surface area contributed by atoms with Crippen LogP contribution in [0.25, 0.3) is 0 Å². The Balaban J connectivity index is 1.27. The van der Waals surface area contributed by atoms with Gasteiger partial charge in [-0.05, 0) is 41.9 Å². The Morgan fingerprint density at radius 3 is 2.54 bits per heavy atom. The lowest BCUT2D eigenvalue weighted by molar-refractivity contribution is -0.128. The molecule has 0 radical (unpaired) electrons. The molecular formula is C21H23N3O3S. The molecule has 2 aliphatic rings. The van der Waals surface area contributed by atoms with Crippen molar-refractivity contribution in [2.75, 3.05) is 25.1 Å². The molecule has 2 aromatic rings. The number of rotatable bonds is 5. The molecule has 7 heteroatoms. The highest BCUT2D eigenvalue weighted by Crippen LogP contribution is 2.32. The van der Waals surface area contributed by atoms with E-state index >= 15 is 0 Å². The summed E-state index contributed by atoms with van der Waals surface area (Å²) in [6.45, 7) is 3.31. The Morgan fingerprint density at radius 2 is 1.79 bits per heavy atom. The Labute approximate surface area is 169 Å². The molecule has 1 fully saturated rings. The van der Waals surface area contributed by atoms with Gasteiger partial charge in [0.15, 0.2) is 16.6 Å². The number of amides is 1. The third-order valence-electron chi connectivity index (χ3n) is 4.82. The fourth-order valence-electron chi connectivity index (χ4n) is 3.33. The molecule has 0 saturated carbocycles. The lowest BCUT2D eigenvalue weighted by atomic mass is 10.1. The molecule has 2 heterocycles. The maximum absolute atomic E-state index is 11.7. The van der Waals surface area contributed by atoms with E-state index in [0.29, 0.717) is 37.8 Å². The Hall–Kier alpha value is -2.80. The van der Waals surface area contributed by atoms with E-state index in [1.54, 1.807) is 0 Å². The fraction of sp³-hybridized carbons (Fsp3) is 0.333. The SMILES string of the molecule is O=C1CCCN1Cc1ccc(CNC(=S)Nc2ccc3c(c2)OCCO3)cc1. The van der Waals surface area contributed by atoms with Gasteiger partial charge in [-0.25, -0.2) is 0 Å². The summed E-state index contributed by atoms with van der Waals surface area (Å²) in [5.41, 5.74) is 3.13. The van der Waals surface area contributed by atoms with Gasteiger partial charge in [0.2, 0.25) is 5.91 Å². The first-order valence-electron chi connectivity index (χ1n) is 9.47. The number of benzene rings is 2. The summed E-state index contributed by atoms with van der Waals surface area (Å²) in [7, 11) is 0. The number of hydrogen-bond donors (Lipinski definition) is 2. The minimum absolute atomic E-state index is 0.251. The van der Waals surface area contributed by atoms with Crippen molar-refractivity contribution in [3.8, 4) is 11.5 Å². The van der Waals surface area contributed by atoms with E-state index in [2.05, 4.69) is 34.9 Å². The second kappa shape index (κ2) is 8.48. The number of hydrogen-bond acceptors (Lipinski definition) is 4. The molecule has 6 nitrogen and oxygen atoms in total. The number of fused-ring (bicyclic) bond motifs is 1. The number of nitrogens with one attached hydrogen (secondary N) is 2. The van der Waals surface area contributed by atoms with Crippen molar-refractivity contribution in [3.63, 3.8) is 0 Å². The Bertz CT molecular complexity index is 870. The molecule has 0 unspecified atom stereocenters. The molecule has 0 spiro atoms. The molecule has 28 heavy (non-hydrogen) atoms. The average molecular weight is 398 g/mol. The van der Waals surface area contributed by atoms with Crippen molar-refractivity contribution in [2.24, 2.45) is 0 Å². The summed E-state index contributed by atoms with van der Waals surface area (Å²) < 4.78 is 11.1. The van der Waals surface area contributed by atoms with E-state index in [1.807, 2.05) is 23.1 Å². The van der Waals surface area contributed by atoms with Crippen LogP contribution in [0.1, 0.15) is 24.0 Å². The van der Waals surface area contributed by atoms with Crippen molar-refractivity contribution < 1.29 is 14.3 Å². The zero-order valence-corrected chi connectivity index (χ0v) is 16.4. The van der Waals surface area contributed by atoms with Crippen LogP contribution in [0, 0.1) is 0 Å². The maximum atomic E-state index is 11.7. The van der Waals surface area contributed by atoms with Crippen LogP contribution in [-0.2, 0) is 17.9 Å². The lowest BCUT2D eigenvalue weighted by Crippen LogP contribution is -2.28. The molecule has 1 amide bonds. The molecule has 146 valence electrons. The van der Waals surface area contributed by atoms with E-state index in [4.69, 9.17) is 21.7 Å². The fourth-order valence-corrected chi connectivity index (χ4v) is 3.52. The molecule has 2 aromatic carbocycles. The third-order valence-corrected chi connectivity index (χ3v) is 5.07. The molecule has 0 atom stereocenters. The van der Waals surface area contributed by atoms with Gasteiger partial charge >= 0.3 is 0 Å². The van der Waals surface area contributed by atoms with E-state index in [1.165, 1.54) is 0 Å². The first-order valence-corrected chi connectivity index (χ1v) is 9.88. The second-order valence-corrected chi connectivity index (χ2v) is 7.31. The predicted octanol–water partition coefficient (Wildman–Crippen LogP) is 3.07. The zero-order chi connectivity index (χ0) is 19.3. The van der Waals surface area contributed by atoms with E-state index < -0.39 is 0 Å². The molecular weight excluding hydrogens is 374 g/mol. The molecule has 1 saturated heterocycles. The quantitative estimate of drug-likeness (QED) is 0.756. The Kier molecular flexibility index (Phi) is 5.62. The Morgan fingerprint density at radius 1 is 1.04 bits per heavy atom. The van der Waals surface area contributed by atoms with Gasteiger partial charge in [0.05, 0.1) is 0 Å². The molecule has 0 aromatic heterocycles. The summed E-state index contributed by atoms with van der Waals surface area (Å²) in [6, 6.07) is 13.9. The summed E-state index contributed by atoms with van der Waals surface area (Å²) in [5.74, 6) is 1.74. The van der Waals surface area contributed by atoms with Crippen molar-refractivity contribution >= 4 is 28.9 Å². The van der Waals surface area contributed by atoms with Gasteiger partial charge in [0, 0.05) is 37.8 Å². The van der Waals surface area contributed by atoms with Crippen LogP contribution in [0.2, 0.25) is 0 Å². The van der Waals surface area contributed by atoms with Crippen LogP contribution >= 0.6 is 12.2 Å². The van der Waals surface area contributed by atoms with E-state index in [-0.39, 0.29) is 5.91 Å². The van der Waals surface area contributed by atoms with Gasteiger partial charge in [-0.1, -0.05) is 24.3 Å². The smallest absolute Gasteiger partial charge is 0.222 e. The number of ether oxygens (including phenoxy) is 2. The summed E-state index contributed by atoms with van der Waals surface area (Å²) in [4.78, 5) is 13.6. The van der Waals surface area contributed by atoms with Crippen molar-refractivity contribution in [3.05, 3.63) is 53.6 Å². The molecule has 4 rings (SSSR count). The minimum atomic E-state index is 0.251. The topological polar surface area (TPSA) is 62.8 Å². The number of anilines is 1. The summed E-state index contributed by atoms with van der Waals surface area (Å²) >= 11 is 5.39. The first kappa shape index (κ1) is 18.6. The minimum Gasteiger partial charge on any atom is -0.486 e. The third kappa shape index (κ3) is 4.54. The van der Waals surface area contributed by atoms with Crippen LogP contribution < -0.4 is 20.1 Å². The highest BCUT2D eigenvalue weighted by atomic mass is 32.1. The summed E-state index contributed by atoms with van der Waals surface area (Å²) in [6.07, 6.45) is 1.64. The van der Waals surface area contributed by atoms with Gasteiger partial charge < -0.3 is 25.0 Å². The van der Waals surface area contributed by atoms with Crippen LogP contribution in [0.3, 0.4) is 0 Å². The van der Waals surface area contributed by atoms with Crippen LogP contribution in [-0.4, -0.2) is 35.7 Å². The first-order chi connectivity index (χ1) is 13.7. The van der Waals surface area contributed by atoms with E-state index in [0.717, 1.165) is 41.3 Å². The number of thiocarbonyl (C=S) groups is 1. The van der Waals surface area contributed by atoms with Gasteiger partial charge in [-0.15, -0.1) is 0 Å². The van der Waals surface area contributed by atoms with Crippen LogP contribution in [0.15, 0.2) is 42.5 Å². The highest BCUT2D eigenvalue weighted by molar-refractivity contribution is 7.80. The van der Waals surface area contributed by atoms with Crippen molar-refractivity contribution in [1.29, 1.82) is 0 Å². The van der Waals surface area contributed by atoms with E-state index in [9.17, 15) is 4.79 Å². The normalized spacial score (nSPS) is 15.4. The number of carbonyl (C=O) groups excluding carboxylic acids is 1. The van der Waals surface area contributed by atoms with Crippen LogP contribution in [0.5, 0.6) is 11.5 Å². The largest absolute Gasteiger partial charge is 0.486 e. The number of carbonyl (C=O) groups is 1. The summed E-state index contributed by atoms with van der Waals surface area (Å²) in [5, 5.41) is 6.92. The average Bonchev–Trinajstić information content (AvgIpc) is 3.12. The van der Waals surface area contributed by atoms with Gasteiger partial charge in [0.25, 0.3) is 0 Å². The van der Waals surface area contributed by atoms with Gasteiger partial charge in [-0.3, -0.25) is 4.79 Å². The monoisotopic (exact) mass is 397 g/mol. The second-order valence-electron chi connectivity index (χ2n) is 6.90.